The van der Waals surface area contributed by atoms with Crippen LogP contribution in [0.15, 0.2) is 60.7 Å². The van der Waals surface area contributed by atoms with Crippen LogP contribution in [0.1, 0.15) is 55.6 Å². The van der Waals surface area contributed by atoms with E-state index in [9.17, 15) is 9.59 Å². The Bertz CT molecular complexity index is 654. The lowest BCUT2D eigenvalue weighted by Crippen LogP contribution is -2.31. The molecule has 2 atom stereocenters. The molecule has 0 spiro atoms. The number of benzene rings is 2. The summed E-state index contributed by atoms with van der Waals surface area (Å²) in [7, 11) is 0. The molecule has 1 aliphatic rings. The van der Waals surface area contributed by atoms with E-state index >= 15 is 0 Å². The van der Waals surface area contributed by atoms with Crippen LogP contribution in [0.2, 0.25) is 0 Å². The van der Waals surface area contributed by atoms with Crippen molar-refractivity contribution in [1.82, 2.24) is 4.90 Å². The highest BCUT2D eigenvalue weighted by Crippen LogP contribution is 2.41. The van der Waals surface area contributed by atoms with E-state index in [-0.39, 0.29) is 11.8 Å². The minimum atomic E-state index is -0.415. The van der Waals surface area contributed by atoms with Crippen molar-refractivity contribution in [3.05, 3.63) is 71.8 Å². The summed E-state index contributed by atoms with van der Waals surface area (Å²) in [6.45, 7) is 2.69. The minimum Gasteiger partial charge on any atom is -0.282 e. The van der Waals surface area contributed by atoms with Gasteiger partial charge in [0.05, 0.1) is 11.8 Å². The molecule has 2 amide bonds. The van der Waals surface area contributed by atoms with Gasteiger partial charge in [-0.2, -0.15) is 0 Å². The summed E-state index contributed by atoms with van der Waals surface area (Å²) in [5.74, 6) is -0.937. The number of amides is 2. The monoisotopic (exact) mass is 335 g/mol. The van der Waals surface area contributed by atoms with Crippen LogP contribution in [0, 0.1) is 0 Å². The van der Waals surface area contributed by atoms with Crippen LogP contribution >= 0.6 is 0 Å². The van der Waals surface area contributed by atoms with E-state index in [0.717, 1.165) is 36.8 Å². The third kappa shape index (κ3) is 3.65. The second-order valence-corrected chi connectivity index (χ2v) is 6.67. The van der Waals surface area contributed by atoms with Gasteiger partial charge in [-0.25, -0.2) is 0 Å². The first kappa shape index (κ1) is 17.4. The molecule has 2 aromatic carbocycles. The largest absolute Gasteiger partial charge is 0.282 e. The molecule has 3 rings (SSSR count). The molecule has 0 N–H and O–H groups in total. The fraction of sp³-hybridized carbons (Fsp3) is 0.364. The lowest BCUT2D eigenvalue weighted by atomic mass is 9.83. The quantitative estimate of drug-likeness (QED) is 0.552. The molecular formula is C22H25NO2. The average Bonchev–Trinajstić information content (AvgIpc) is 2.91. The number of rotatable bonds is 7. The van der Waals surface area contributed by atoms with Gasteiger partial charge in [-0.05, 0) is 17.5 Å². The Morgan fingerprint density at radius 1 is 0.720 bits per heavy atom. The normalized spacial score (nSPS) is 20.3. The van der Waals surface area contributed by atoms with Crippen molar-refractivity contribution in [2.24, 2.45) is 0 Å². The number of unbranched alkanes of at least 4 members (excludes halogenated alkanes) is 3. The molecule has 0 aromatic heterocycles. The Kier molecular flexibility index (Phi) is 5.64. The molecule has 2 unspecified atom stereocenters. The molecular weight excluding hydrogens is 310 g/mol. The molecule has 1 heterocycles. The molecule has 0 aliphatic carbocycles. The summed E-state index contributed by atoms with van der Waals surface area (Å²) < 4.78 is 0. The molecule has 0 saturated carbocycles. The van der Waals surface area contributed by atoms with Crippen molar-refractivity contribution in [1.29, 1.82) is 0 Å². The molecule has 1 aliphatic heterocycles. The van der Waals surface area contributed by atoms with Crippen LogP contribution in [0.4, 0.5) is 0 Å². The van der Waals surface area contributed by atoms with E-state index in [1.54, 1.807) is 0 Å². The Balaban J connectivity index is 1.90. The number of carbonyl (C=O) groups is 2. The SMILES string of the molecule is CCCCCCN1C(=O)C(c2ccccc2)C(c2ccccc2)C1=O. The van der Waals surface area contributed by atoms with E-state index in [1.165, 1.54) is 4.90 Å². The van der Waals surface area contributed by atoms with E-state index in [0.29, 0.717) is 6.54 Å². The van der Waals surface area contributed by atoms with Gasteiger partial charge >= 0.3 is 0 Å². The Labute approximate surface area is 149 Å². The number of hydrogen-bond donors (Lipinski definition) is 0. The van der Waals surface area contributed by atoms with E-state index in [4.69, 9.17) is 0 Å². The Hall–Kier alpha value is -2.42. The fourth-order valence-corrected chi connectivity index (χ4v) is 3.64. The van der Waals surface area contributed by atoms with Gasteiger partial charge in [0, 0.05) is 6.54 Å². The first-order valence-corrected chi connectivity index (χ1v) is 9.19. The first-order chi connectivity index (χ1) is 12.2. The van der Waals surface area contributed by atoms with Crippen LogP contribution in [-0.4, -0.2) is 23.3 Å². The smallest absolute Gasteiger partial charge is 0.237 e. The van der Waals surface area contributed by atoms with Crippen molar-refractivity contribution >= 4 is 11.8 Å². The molecule has 0 bridgehead atoms. The molecule has 25 heavy (non-hydrogen) atoms. The predicted octanol–water partition coefficient (Wildman–Crippen LogP) is 4.50. The number of hydrogen-bond acceptors (Lipinski definition) is 2. The first-order valence-electron chi connectivity index (χ1n) is 9.19. The number of carbonyl (C=O) groups excluding carboxylic acids is 2. The maximum atomic E-state index is 13.1. The highest BCUT2D eigenvalue weighted by atomic mass is 16.2. The van der Waals surface area contributed by atoms with Crippen molar-refractivity contribution < 1.29 is 9.59 Å². The van der Waals surface area contributed by atoms with E-state index < -0.39 is 11.8 Å². The molecule has 1 fully saturated rings. The summed E-state index contributed by atoms with van der Waals surface area (Å²) in [5, 5.41) is 0. The molecule has 3 nitrogen and oxygen atoms in total. The minimum absolute atomic E-state index is 0.0541. The second kappa shape index (κ2) is 8.11. The van der Waals surface area contributed by atoms with Crippen LogP contribution in [0.25, 0.3) is 0 Å². The van der Waals surface area contributed by atoms with Crippen molar-refractivity contribution in [3.8, 4) is 0 Å². The van der Waals surface area contributed by atoms with Gasteiger partial charge in [-0.1, -0.05) is 86.8 Å². The van der Waals surface area contributed by atoms with Crippen molar-refractivity contribution in [2.45, 2.75) is 44.4 Å². The van der Waals surface area contributed by atoms with Gasteiger partial charge in [0.25, 0.3) is 0 Å². The Morgan fingerprint density at radius 3 is 1.64 bits per heavy atom. The topological polar surface area (TPSA) is 37.4 Å². The number of nitrogens with zero attached hydrogens (tertiary/aromatic N) is 1. The molecule has 0 radical (unpaired) electrons. The van der Waals surface area contributed by atoms with Crippen molar-refractivity contribution in [3.63, 3.8) is 0 Å². The summed E-state index contributed by atoms with van der Waals surface area (Å²) in [4.78, 5) is 27.6. The number of likely N-dealkylation sites (tertiary alicyclic amines) is 1. The van der Waals surface area contributed by atoms with Crippen LogP contribution in [0.5, 0.6) is 0 Å². The maximum absolute atomic E-state index is 13.1. The zero-order valence-corrected chi connectivity index (χ0v) is 14.7. The highest BCUT2D eigenvalue weighted by molar-refractivity contribution is 6.10. The summed E-state index contributed by atoms with van der Waals surface area (Å²) in [6.07, 6.45) is 4.22. The number of imide groups is 1. The van der Waals surface area contributed by atoms with Gasteiger partial charge in [-0.3, -0.25) is 14.5 Å². The average molecular weight is 335 g/mol. The maximum Gasteiger partial charge on any atom is 0.237 e. The van der Waals surface area contributed by atoms with Crippen molar-refractivity contribution in [2.75, 3.05) is 6.54 Å². The second-order valence-electron chi connectivity index (χ2n) is 6.67. The van der Waals surface area contributed by atoms with Gasteiger partial charge < -0.3 is 0 Å². The third-order valence-corrected chi connectivity index (χ3v) is 4.95. The zero-order chi connectivity index (χ0) is 17.6. The van der Waals surface area contributed by atoms with Gasteiger partial charge in [0.2, 0.25) is 11.8 Å². The lowest BCUT2D eigenvalue weighted by Gasteiger charge is -2.15. The van der Waals surface area contributed by atoms with Gasteiger partial charge in [-0.15, -0.1) is 0 Å². The molecule has 3 heteroatoms. The molecule has 2 aromatic rings. The van der Waals surface area contributed by atoms with Crippen LogP contribution < -0.4 is 0 Å². The third-order valence-electron chi connectivity index (χ3n) is 4.95. The van der Waals surface area contributed by atoms with E-state index in [2.05, 4.69) is 6.92 Å². The van der Waals surface area contributed by atoms with Gasteiger partial charge in [0.15, 0.2) is 0 Å². The standard InChI is InChI=1S/C22H25NO2/c1-2-3-4-11-16-23-21(24)19(17-12-7-5-8-13-17)20(22(23)25)18-14-9-6-10-15-18/h5-10,12-15,19-20H,2-4,11,16H2,1H3. The zero-order valence-electron chi connectivity index (χ0n) is 14.7. The Morgan fingerprint density at radius 2 is 1.20 bits per heavy atom. The summed E-state index contributed by atoms with van der Waals surface area (Å²) >= 11 is 0. The summed E-state index contributed by atoms with van der Waals surface area (Å²) in [6, 6.07) is 19.4. The summed E-state index contributed by atoms with van der Waals surface area (Å²) in [5.41, 5.74) is 1.84. The van der Waals surface area contributed by atoms with Crippen LogP contribution in [0.3, 0.4) is 0 Å². The van der Waals surface area contributed by atoms with E-state index in [1.807, 2.05) is 60.7 Å². The lowest BCUT2D eigenvalue weighted by molar-refractivity contribution is -0.139. The van der Waals surface area contributed by atoms with Gasteiger partial charge in [0.1, 0.15) is 0 Å². The fourth-order valence-electron chi connectivity index (χ4n) is 3.64. The predicted molar refractivity (Wildman–Crippen MR) is 99.2 cm³/mol. The molecule has 1 saturated heterocycles. The highest BCUT2D eigenvalue weighted by Gasteiger charge is 2.48. The van der Waals surface area contributed by atoms with Crippen LogP contribution in [-0.2, 0) is 9.59 Å². The molecule has 130 valence electrons.